The lowest BCUT2D eigenvalue weighted by atomic mass is 10.2. The number of rotatable bonds is 1. The zero-order valence-corrected chi connectivity index (χ0v) is 8.00. The molecule has 0 saturated heterocycles. The van der Waals surface area contributed by atoms with Crippen molar-refractivity contribution >= 4 is 22.6 Å². The zero-order chi connectivity index (χ0) is 7.14. The van der Waals surface area contributed by atoms with Gasteiger partial charge in [0.05, 0.1) is 6.20 Å². The van der Waals surface area contributed by atoms with E-state index in [1.54, 1.807) is 0 Å². The smallest absolute Gasteiger partial charge is 0.102 e. The molecular weight excluding hydrogens is 239 g/mol. The SMILES string of the molecule is Cn1ncc(C2CC2)c1I. The van der Waals surface area contributed by atoms with Crippen LogP contribution in [0.2, 0.25) is 0 Å². The maximum absolute atomic E-state index is 4.19. The average Bonchev–Trinajstić information content (AvgIpc) is 2.67. The molecule has 2 nitrogen and oxygen atoms in total. The van der Waals surface area contributed by atoms with Gasteiger partial charge in [0.2, 0.25) is 0 Å². The molecule has 1 saturated carbocycles. The van der Waals surface area contributed by atoms with Crippen LogP contribution in [0.4, 0.5) is 0 Å². The third-order valence-electron chi connectivity index (χ3n) is 1.91. The van der Waals surface area contributed by atoms with Gasteiger partial charge < -0.3 is 0 Å². The Bertz CT molecular complexity index is 250. The van der Waals surface area contributed by atoms with E-state index in [9.17, 15) is 0 Å². The van der Waals surface area contributed by atoms with E-state index in [0.717, 1.165) is 5.92 Å². The monoisotopic (exact) mass is 248 g/mol. The van der Waals surface area contributed by atoms with Crippen molar-refractivity contribution in [1.29, 1.82) is 0 Å². The summed E-state index contributed by atoms with van der Waals surface area (Å²) < 4.78 is 3.24. The molecule has 10 heavy (non-hydrogen) atoms. The van der Waals surface area contributed by atoms with Gasteiger partial charge >= 0.3 is 0 Å². The number of halogens is 1. The van der Waals surface area contributed by atoms with Gasteiger partial charge in [0.15, 0.2) is 0 Å². The van der Waals surface area contributed by atoms with Gasteiger partial charge in [-0.05, 0) is 41.4 Å². The van der Waals surface area contributed by atoms with Crippen LogP contribution in [0.1, 0.15) is 24.3 Å². The Kier molecular flexibility index (Phi) is 1.47. The molecule has 0 N–H and O–H groups in total. The number of aryl methyl sites for hydroxylation is 1. The van der Waals surface area contributed by atoms with E-state index in [0.29, 0.717) is 0 Å². The predicted molar refractivity (Wildman–Crippen MR) is 47.9 cm³/mol. The summed E-state index contributed by atoms with van der Waals surface area (Å²) in [6, 6.07) is 0. The van der Waals surface area contributed by atoms with Gasteiger partial charge in [0.1, 0.15) is 3.70 Å². The quantitative estimate of drug-likeness (QED) is 0.694. The highest BCUT2D eigenvalue weighted by molar-refractivity contribution is 14.1. The lowest BCUT2D eigenvalue weighted by molar-refractivity contribution is 0.745. The van der Waals surface area contributed by atoms with Crippen LogP contribution in [0.3, 0.4) is 0 Å². The second-order valence-corrected chi connectivity index (χ2v) is 3.81. The lowest BCUT2D eigenvalue weighted by Crippen LogP contribution is -1.92. The third-order valence-corrected chi connectivity index (χ3v) is 3.23. The van der Waals surface area contributed by atoms with E-state index in [4.69, 9.17) is 0 Å². The molecule has 0 unspecified atom stereocenters. The Morgan fingerprint density at radius 3 is 2.80 bits per heavy atom. The van der Waals surface area contributed by atoms with Gasteiger partial charge in [-0.1, -0.05) is 0 Å². The summed E-state index contributed by atoms with van der Waals surface area (Å²) in [5.74, 6) is 0.834. The fourth-order valence-corrected chi connectivity index (χ4v) is 1.81. The molecule has 0 spiro atoms. The largest absolute Gasteiger partial charge is 0.262 e. The first kappa shape index (κ1) is 6.64. The van der Waals surface area contributed by atoms with Crippen molar-refractivity contribution in [3.05, 3.63) is 15.5 Å². The second kappa shape index (κ2) is 2.22. The number of aromatic nitrogens is 2. The summed E-state index contributed by atoms with van der Waals surface area (Å²) in [4.78, 5) is 0. The molecular formula is C7H9IN2. The number of hydrogen-bond donors (Lipinski definition) is 0. The van der Waals surface area contributed by atoms with Crippen LogP contribution in [0.5, 0.6) is 0 Å². The summed E-state index contributed by atoms with van der Waals surface area (Å²) in [7, 11) is 1.99. The van der Waals surface area contributed by atoms with Crippen molar-refractivity contribution in [2.75, 3.05) is 0 Å². The molecule has 3 heteroatoms. The van der Waals surface area contributed by atoms with Crippen molar-refractivity contribution in [3.8, 4) is 0 Å². The molecule has 2 rings (SSSR count). The topological polar surface area (TPSA) is 17.8 Å². The maximum atomic E-state index is 4.19. The van der Waals surface area contributed by atoms with E-state index in [2.05, 4.69) is 27.7 Å². The number of hydrogen-bond acceptors (Lipinski definition) is 1. The highest BCUT2D eigenvalue weighted by atomic mass is 127. The molecule has 0 amide bonds. The molecule has 1 aromatic heterocycles. The molecule has 0 aromatic carbocycles. The summed E-state index contributed by atoms with van der Waals surface area (Å²) >= 11 is 2.36. The third kappa shape index (κ3) is 0.962. The van der Waals surface area contributed by atoms with Crippen LogP contribution in [0, 0.1) is 3.70 Å². The first-order chi connectivity index (χ1) is 4.79. The standard InChI is InChI=1S/C7H9IN2/c1-10-7(8)6(4-9-10)5-2-3-5/h4-5H,2-3H2,1H3. The Hall–Kier alpha value is -0.0600. The molecule has 1 aromatic rings. The van der Waals surface area contributed by atoms with Crippen molar-refractivity contribution in [2.24, 2.45) is 7.05 Å². The van der Waals surface area contributed by atoms with Crippen molar-refractivity contribution in [1.82, 2.24) is 9.78 Å². The van der Waals surface area contributed by atoms with Gasteiger partial charge in [-0.3, -0.25) is 4.68 Å². The van der Waals surface area contributed by atoms with Gasteiger partial charge in [0.25, 0.3) is 0 Å². The van der Waals surface area contributed by atoms with Crippen LogP contribution in [-0.4, -0.2) is 9.78 Å². The minimum absolute atomic E-state index is 0.834. The Morgan fingerprint density at radius 1 is 1.70 bits per heavy atom. The maximum Gasteiger partial charge on any atom is 0.102 e. The summed E-state index contributed by atoms with van der Waals surface area (Å²) in [5, 5.41) is 4.19. The normalized spacial score (nSPS) is 17.8. The van der Waals surface area contributed by atoms with Crippen LogP contribution >= 0.6 is 22.6 Å². The van der Waals surface area contributed by atoms with Crippen LogP contribution in [0.15, 0.2) is 6.20 Å². The first-order valence-corrected chi connectivity index (χ1v) is 4.54. The fourth-order valence-electron chi connectivity index (χ4n) is 1.11. The van der Waals surface area contributed by atoms with Crippen LogP contribution in [0.25, 0.3) is 0 Å². The molecule has 1 heterocycles. The second-order valence-electron chi connectivity index (χ2n) is 2.79. The summed E-state index contributed by atoms with van der Waals surface area (Å²) in [5.41, 5.74) is 1.45. The van der Waals surface area contributed by atoms with E-state index in [1.807, 2.05) is 17.9 Å². The van der Waals surface area contributed by atoms with Crippen molar-refractivity contribution in [2.45, 2.75) is 18.8 Å². The molecule has 1 aliphatic rings. The molecule has 54 valence electrons. The van der Waals surface area contributed by atoms with Gasteiger partial charge in [-0.15, -0.1) is 0 Å². The first-order valence-electron chi connectivity index (χ1n) is 3.46. The molecule has 0 bridgehead atoms. The summed E-state index contributed by atoms with van der Waals surface area (Å²) in [6.45, 7) is 0. The molecule has 0 aliphatic heterocycles. The van der Waals surface area contributed by atoms with E-state index in [1.165, 1.54) is 22.1 Å². The summed E-state index contributed by atoms with van der Waals surface area (Å²) in [6.07, 6.45) is 4.73. The van der Waals surface area contributed by atoms with Crippen molar-refractivity contribution in [3.63, 3.8) is 0 Å². The van der Waals surface area contributed by atoms with Crippen molar-refractivity contribution < 1.29 is 0 Å². The Balaban J connectivity index is 2.40. The highest BCUT2D eigenvalue weighted by Crippen LogP contribution is 2.41. The number of nitrogens with zero attached hydrogens (tertiary/aromatic N) is 2. The average molecular weight is 248 g/mol. The lowest BCUT2D eigenvalue weighted by Gasteiger charge is -1.93. The zero-order valence-electron chi connectivity index (χ0n) is 5.84. The molecule has 0 radical (unpaired) electrons. The minimum atomic E-state index is 0.834. The van der Waals surface area contributed by atoms with E-state index < -0.39 is 0 Å². The van der Waals surface area contributed by atoms with Gasteiger partial charge in [-0.2, -0.15) is 5.10 Å². The van der Waals surface area contributed by atoms with Crippen LogP contribution < -0.4 is 0 Å². The molecule has 0 atom stereocenters. The molecule has 1 aliphatic carbocycles. The van der Waals surface area contributed by atoms with Crippen LogP contribution in [-0.2, 0) is 7.05 Å². The van der Waals surface area contributed by atoms with Gasteiger partial charge in [0, 0.05) is 12.6 Å². The van der Waals surface area contributed by atoms with E-state index >= 15 is 0 Å². The van der Waals surface area contributed by atoms with E-state index in [-0.39, 0.29) is 0 Å². The Labute approximate surface area is 73.8 Å². The predicted octanol–water partition coefficient (Wildman–Crippen LogP) is 1.90. The highest BCUT2D eigenvalue weighted by Gasteiger charge is 2.27. The Morgan fingerprint density at radius 2 is 2.40 bits per heavy atom. The molecule has 1 fully saturated rings. The van der Waals surface area contributed by atoms with Gasteiger partial charge in [-0.25, -0.2) is 0 Å². The minimum Gasteiger partial charge on any atom is -0.262 e. The fraction of sp³-hybridized carbons (Fsp3) is 0.571.